The van der Waals surface area contributed by atoms with Crippen LogP contribution >= 0.6 is 0 Å². The Morgan fingerprint density at radius 1 is 1.32 bits per heavy atom. The topological polar surface area (TPSA) is 97.1 Å². The van der Waals surface area contributed by atoms with Crippen molar-refractivity contribution in [1.82, 2.24) is 20.3 Å². The highest BCUT2D eigenvalue weighted by Crippen LogP contribution is 2.45. The van der Waals surface area contributed by atoms with Gasteiger partial charge < -0.3 is 10.4 Å². The predicted octanol–water partition coefficient (Wildman–Crippen LogP) is 1.17. The molecule has 0 saturated heterocycles. The number of rotatable bonds is 5. The number of hydrogen-bond donors (Lipinski definition) is 2. The molecule has 2 N–H and O–H groups in total. The van der Waals surface area contributed by atoms with E-state index in [9.17, 15) is 9.59 Å². The molecule has 1 aliphatic carbocycles. The van der Waals surface area contributed by atoms with Crippen molar-refractivity contribution in [3.63, 3.8) is 0 Å². The van der Waals surface area contributed by atoms with Gasteiger partial charge in [0.15, 0.2) is 5.69 Å². The first-order chi connectivity index (χ1) is 10.5. The van der Waals surface area contributed by atoms with Crippen LogP contribution in [0.15, 0.2) is 30.3 Å². The third-order valence-electron chi connectivity index (χ3n) is 4.00. The number of carbonyl (C=O) groups is 2. The third-order valence-corrected chi connectivity index (χ3v) is 4.00. The number of aromatic nitrogens is 3. The molecule has 7 heteroatoms. The van der Waals surface area contributed by atoms with Crippen molar-refractivity contribution in [1.29, 1.82) is 0 Å². The molecule has 0 radical (unpaired) electrons. The van der Waals surface area contributed by atoms with E-state index in [1.165, 1.54) is 0 Å². The molecule has 1 aromatic heterocycles. The number of carboxylic acid groups (broad SMARTS) is 1. The summed E-state index contributed by atoms with van der Waals surface area (Å²) < 4.78 is 1.58. The van der Waals surface area contributed by atoms with Crippen molar-refractivity contribution in [3.05, 3.63) is 41.7 Å². The van der Waals surface area contributed by atoms with Crippen LogP contribution in [0.4, 0.5) is 0 Å². The summed E-state index contributed by atoms with van der Waals surface area (Å²) in [7, 11) is 0. The predicted molar refractivity (Wildman–Crippen MR) is 77.7 cm³/mol. The van der Waals surface area contributed by atoms with Gasteiger partial charge in [0.2, 0.25) is 0 Å². The fourth-order valence-corrected chi connectivity index (χ4v) is 2.30. The Bertz CT molecular complexity index is 720. The Morgan fingerprint density at radius 2 is 2.00 bits per heavy atom. The standard InChI is InChI=1S/C15H16N4O3/c1-10-12(13(20)16-9-15(7-8-15)14(21)22)17-18-19(10)11-5-3-2-4-6-11/h2-6H,7-9H2,1H3,(H,16,20)(H,21,22). The quantitative estimate of drug-likeness (QED) is 0.864. The van der Waals surface area contributed by atoms with Crippen LogP contribution in [-0.2, 0) is 4.79 Å². The van der Waals surface area contributed by atoms with Crippen LogP contribution in [0.2, 0.25) is 0 Å². The molecule has 1 fully saturated rings. The SMILES string of the molecule is Cc1c(C(=O)NCC2(C(=O)O)CC2)nnn1-c1ccccc1. The summed E-state index contributed by atoms with van der Waals surface area (Å²) in [6, 6.07) is 9.38. The van der Waals surface area contributed by atoms with Gasteiger partial charge in [-0.1, -0.05) is 23.4 Å². The maximum Gasteiger partial charge on any atom is 0.311 e. The zero-order chi connectivity index (χ0) is 15.7. The molecular weight excluding hydrogens is 284 g/mol. The Hall–Kier alpha value is -2.70. The molecular formula is C15H16N4O3. The molecule has 1 saturated carbocycles. The van der Waals surface area contributed by atoms with Gasteiger partial charge in [-0.15, -0.1) is 5.10 Å². The normalized spacial score (nSPS) is 15.3. The number of benzene rings is 1. The van der Waals surface area contributed by atoms with E-state index < -0.39 is 17.3 Å². The molecule has 2 aromatic rings. The van der Waals surface area contributed by atoms with Gasteiger partial charge in [0, 0.05) is 6.54 Å². The highest BCUT2D eigenvalue weighted by atomic mass is 16.4. The van der Waals surface area contributed by atoms with Gasteiger partial charge in [-0.3, -0.25) is 9.59 Å². The second-order valence-electron chi connectivity index (χ2n) is 5.54. The molecule has 22 heavy (non-hydrogen) atoms. The number of carboxylic acids is 1. The van der Waals surface area contributed by atoms with E-state index >= 15 is 0 Å². The lowest BCUT2D eigenvalue weighted by molar-refractivity contribution is -0.143. The molecule has 0 atom stereocenters. The minimum atomic E-state index is -0.863. The van der Waals surface area contributed by atoms with Crippen LogP contribution in [0, 0.1) is 12.3 Å². The smallest absolute Gasteiger partial charge is 0.311 e. The first-order valence-electron chi connectivity index (χ1n) is 7.03. The fourth-order valence-electron chi connectivity index (χ4n) is 2.30. The second-order valence-corrected chi connectivity index (χ2v) is 5.54. The van der Waals surface area contributed by atoms with Gasteiger partial charge in [0.25, 0.3) is 5.91 Å². The second kappa shape index (κ2) is 5.25. The summed E-state index contributed by atoms with van der Waals surface area (Å²) in [5, 5.41) is 19.7. The number of nitrogens with one attached hydrogen (secondary N) is 1. The summed E-state index contributed by atoms with van der Waals surface area (Å²) in [6.07, 6.45) is 1.19. The molecule has 114 valence electrons. The van der Waals surface area contributed by atoms with Crippen molar-refractivity contribution in [2.75, 3.05) is 6.54 Å². The van der Waals surface area contributed by atoms with Crippen LogP contribution in [0.25, 0.3) is 5.69 Å². The zero-order valence-corrected chi connectivity index (χ0v) is 12.1. The van der Waals surface area contributed by atoms with Gasteiger partial charge in [-0.25, -0.2) is 4.68 Å². The van der Waals surface area contributed by atoms with Crippen LogP contribution in [-0.4, -0.2) is 38.5 Å². The summed E-state index contributed by atoms with van der Waals surface area (Å²) in [6.45, 7) is 1.88. The maximum absolute atomic E-state index is 12.2. The van der Waals surface area contributed by atoms with E-state index in [1.807, 2.05) is 30.3 Å². The molecule has 0 unspecified atom stereocenters. The Morgan fingerprint density at radius 3 is 2.59 bits per heavy atom. The minimum absolute atomic E-state index is 0.124. The summed E-state index contributed by atoms with van der Waals surface area (Å²) in [5.74, 6) is -1.26. The van der Waals surface area contributed by atoms with Crippen molar-refractivity contribution in [2.45, 2.75) is 19.8 Å². The monoisotopic (exact) mass is 300 g/mol. The fraction of sp³-hybridized carbons (Fsp3) is 0.333. The van der Waals surface area contributed by atoms with Gasteiger partial charge in [0.05, 0.1) is 16.8 Å². The van der Waals surface area contributed by atoms with Gasteiger partial charge >= 0.3 is 5.97 Å². The summed E-state index contributed by atoms with van der Waals surface area (Å²) >= 11 is 0. The number of nitrogens with zero attached hydrogens (tertiary/aromatic N) is 3. The van der Waals surface area contributed by atoms with Gasteiger partial charge in [-0.05, 0) is 31.9 Å². The molecule has 7 nitrogen and oxygen atoms in total. The van der Waals surface area contributed by atoms with Crippen molar-refractivity contribution in [3.8, 4) is 5.69 Å². The molecule has 1 amide bonds. The number of aliphatic carboxylic acids is 1. The average molecular weight is 300 g/mol. The van der Waals surface area contributed by atoms with E-state index in [0.717, 1.165) is 5.69 Å². The Kier molecular flexibility index (Phi) is 3.40. The highest BCUT2D eigenvalue weighted by molar-refractivity contribution is 5.93. The van der Waals surface area contributed by atoms with Crippen molar-refractivity contribution < 1.29 is 14.7 Å². The first kappa shape index (κ1) is 14.2. The number of hydrogen-bond acceptors (Lipinski definition) is 4. The Balaban J connectivity index is 1.74. The first-order valence-corrected chi connectivity index (χ1v) is 7.03. The van der Waals surface area contributed by atoms with Gasteiger partial charge in [-0.2, -0.15) is 0 Å². The lowest BCUT2D eigenvalue weighted by atomic mass is 10.1. The molecule has 0 spiro atoms. The minimum Gasteiger partial charge on any atom is -0.481 e. The largest absolute Gasteiger partial charge is 0.481 e. The molecule has 3 rings (SSSR count). The maximum atomic E-state index is 12.2. The highest BCUT2D eigenvalue weighted by Gasteiger charge is 2.50. The van der Waals surface area contributed by atoms with E-state index in [2.05, 4.69) is 15.6 Å². The zero-order valence-electron chi connectivity index (χ0n) is 12.1. The van der Waals surface area contributed by atoms with Crippen LogP contribution in [0.5, 0.6) is 0 Å². The summed E-state index contributed by atoms with van der Waals surface area (Å²) in [5.41, 5.74) is 0.851. The Labute approximate surface area is 126 Å². The third kappa shape index (κ3) is 2.45. The number of carbonyl (C=O) groups excluding carboxylic acids is 1. The lowest BCUT2D eigenvalue weighted by Crippen LogP contribution is -2.34. The van der Waals surface area contributed by atoms with E-state index in [-0.39, 0.29) is 12.2 Å². The molecule has 1 aromatic carbocycles. The van der Waals surface area contributed by atoms with Crippen LogP contribution in [0.1, 0.15) is 29.0 Å². The number of para-hydroxylation sites is 1. The van der Waals surface area contributed by atoms with Crippen LogP contribution in [0.3, 0.4) is 0 Å². The van der Waals surface area contributed by atoms with Gasteiger partial charge in [0.1, 0.15) is 0 Å². The van der Waals surface area contributed by atoms with E-state index in [0.29, 0.717) is 18.5 Å². The summed E-state index contributed by atoms with van der Waals surface area (Å²) in [4.78, 5) is 23.3. The number of amides is 1. The average Bonchev–Trinajstić information content (AvgIpc) is 3.22. The van der Waals surface area contributed by atoms with Crippen molar-refractivity contribution >= 4 is 11.9 Å². The molecule has 0 aliphatic heterocycles. The lowest BCUT2D eigenvalue weighted by Gasteiger charge is -2.10. The molecule has 1 aliphatic rings. The van der Waals surface area contributed by atoms with E-state index in [4.69, 9.17) is 5.11 Å². The van der Waals surface area contributed by atoms with Crippen LogP contribution < -0.4 is 5.32 Å². The molecule has 0 bridgehead atoms. The molecule has 1 heterocycles. The van der Waals surface area contributed by atoms with Crippen molar-refractivity contribution in [2.24, 2.45) is 5.41 Å². The van der Waals surface area contributed by atoms with E-state index in [1.54, 1.807) is 11.6 Å².